The van der Waals surface area contributed by atoms with Crippen LogP contribution in [0.1, 0.15) is 97.0 Å². The highest BCUT2D eigenvalue weighted by molar-refractivity contribution is 6.31. The SMILES string of the molecule is O=C(O)[C@@H]1CCCN1.O=C(O)[C@@H]1CCCN1.OC[C@H]1O[C@@H](c2ccc(Cl)c(Cc3ccc(OCCOC4CC4)cc3)c2)[C@H](O)[C@@H](O)[C@@H]1O.OC[C@H]1O[C@@H](c2ccc(Cl)c(Cc3ccc(OCCOC4CC4)cc3)c2)[C@H](O)[C@@H](O)[C@@H]1O. The Hall–Kier alpha value is -4.56. The summed E-state index contributed by atoms with van der Waals surface area (Å²) in [6, 6.07) is 25.4. The molecule has 0 radical (unpaired) electrons. The molecule has 4 saturated heterocycles. The number of hydrogen-bond donors (Lipinski definition) is 12. The number of ether oxygens (including phenoxy) is 6. The van der Waals surface area contributed by atoms with Crippen molar-refractivity contribution < 1.29 is 89.1 Å². The molecule has 2 aliphatic carbocycles. The highest BCUT2D eigenvalue weighted by atomic mass is 35.5. The maximum Gasteiger partial charge on any atom is 0.320 e. The summed E-state index contributed by atoms with van der Waals surface area (Å²) >= 11 is 12.8. The Morgan fingerprint density at radius 3 is 1.18 bits per heavy atom. The average molecular weight is 1160 g/mol. The van der Waals surface area contributed by atoms with Crippen molar-refractivity contribution in [1.29, 1.82) is 0 Å². The van der Waals surface area contributed by atoms with Crippen molar-refractivity contribution in [3.8, 4) is 11.5 Å². The van der Waals surface area contributed by atoms with Gasteiger partial charge in [-0.1, -0.05) is 71.7 Å². The van der Waals surface area contributed by atoms with Gasteiger partial charge in [-0.05, 0) is 147 Å². The molecule has 12 atom stereocenters. The van der Waals surface area contributed by atoms with E-state index in [0.29, 0.717) is 72.6 Å². The highest BCUT2D eigenvalue weighted by Crippen LogP contribution is 2.37. The lowest BCUT2D eigenvalue weighted by atomic mass is 9.90. The fourth-order valence-corrected chi connectivity index (χ4v) is 9.79. The molecule has 4 aliphatic heterocycles. The van der Waals surface area contributed by atoms with Crippen LogP contribution < -0.4 is 20.1 Å². The van der Waals surface area contributed by atoms with Crippen LogP contribution in [0.25, 0.3) is 0 Å². The molecule has 6 aliphatic rings. The highest BCUT2D eigenvalue weighted by Gasteiger charge is 2.45. The summed E-state index contributed by atoms with van der Waals surface area (Å²) < 4.78 is 33.9. The summed E-state index contributed by atoms with van der Waals surface area (Å²) in [5.74, 6) is 0.105. The fraction of sp³-hybridized carbons (Fsp3) is 0.552. The average Bonchev–Trinajstić information content (AvgIpc) is 4.34. The lowest BCUT2D eigenvalue weighted by Crippen LogP contribution is -2.55. The van der Waals surface area contributed by atoms with Gasteiger partial charge in [-0.3, -0.25) is 9.59 Å². The van der Waals surface area contributed by atoms with E-state index in [1.165, 1.54) is 0 Å². The van der Waals surface area contributed by atoms with Crippen molar-refractivity contribution in [1.82, 2.24) is 10.6 Å². The van der Waals surface area contributed by atoms with Gasteiger partial charge in [0, 0.05) is 10.0 Å². The number of carboxylic acids is 2. The van der Waals surface area contributed by atoms with Crippen LogP contribution in [0, 0.1) is 0 Å². The second-order valence-corrected chi connectivity index (χ2v) is 21.5. The van der Waals surface area contributed by atoms with E-state index in [1.807, 2.05) is 60.7 Å². The summed E-state index contributed by atoms with van der Waals surface area (Å²) in [7, 11) is 0. The van der Waals surface area contributed by atoms with Crippen LogP contribution in [-0.2, 0) is 41.4 Å². The van der Waals surface area contributed by atoms with Crippen LogP contribution >= 0.6 is 23.2 Å². The smallest absolute Gasteiger partial charge is 0.320 e. The Kier molecular flexibility index (Phi) is 24.6. The minimum atomic E-state index is -1.42. The second-order valence-electron chi connectivity index (χ2n) is 20.7. The maximum atomic E-state index is 10.4. The molecule has 10 rings (SSSR count). The molecule has 0 amide bonds. The number of rotatable bonds is 20. The van der Waals surface area contributed by atoms with Gasteiger partial charge >= 0.3 is 11.9 Å². The molecule has 0 unspecified atom stereocenters. The maximum absolute atomic E-state index is 10.4. The third kappa shape index (κ3) is 18.7. The molecule has 0 bridgehead atoms. The van der Waals surface area contributed by atoms with E-state index < -0.39 is 86.2 Å². The van der Waals surface area contributed by atoms with E-state index in [2.05, 4.69) is 10.6 Å². The van der Waals surface area contributed by atoms with Gasteiger partial charge in [0.15, 0.2) is 0 Å². The number of benzene rings is 4. The monoisotopic (exact) mass is 1160 g/mol. The van der Waals surface area contributed by atoms with E-state index in [4.69, 9.17) is 61.8 Å². The molecule has 12 N–H and O–H groups in total. The van der Waals surface area contributed by atoms with Crippen LogP contribution in [0.2, 0.25) is 10.0 Å². The number of halogens is 2. The number of nitrogens with one attached hydrogen (secondary N) is 2. The molecule has 4 aromatic rings. The van der Waals surface area contributed by atoms with Crippen LogP contribution in [0.15, 0.2) is 84.9 Å². The molecule has 0 aromatic heterocycles. The minimum Gasteiger partial charge on any atom is -0.491 e. The summed E-state index contributed by atoms with van der Waals surface area (Å²) in [4.78, 5) is 20.3. The quantitative estimate of drug-likeness (QED) is 0.0562. The Labute approximate surface area is 475 Å². The van der Waals surface area contributed by atoms with Gasteiger partial charge in [0.25, 0.3) is 0 Å². The van der Waals surface area contributed by atoms with Crippen LogP contribution in [-0.4, -0.2) is 189 Å². The zero-order valence-electron chi connectivity index (χ0n) is 44.4. The van der Waals surface area contributed by atoms with Gasteiger partial charge in [-0.15, -0.1) is 0 Å². The van der Waals surface area contributed by atoms with Crippen molar-refractivity contribution in [3.63, 3.8) is 0 Å². The molecule has 80 heavy (non-hydrogen) atoms. The van der Waals surface area contributed by atoms with E-state index in [9.17, 15) is 50.4 Å². The molecule has 4 heterocycles. The number of aliphatic hydroxyl groups is 8. The molecular weight excluding hydrogens is 1080 g/mol. The van der Waals surface area contributed by atoms with Crippen LogP contribution in [0.4, 0.5) is 0 Å². The molecule has 2 saturated carbocycles. The number of aliphatic hydroxyl groups excluding tert-OH is 8. The molecule has 0 spiro atoms. The second kappa shape index (κ2) is 31.2. The molecule has 6 fully saturated rings. The molecule has 20 nitrogen and oxygen atoms in total. The Morgan fingerprint density at radius 1 is 0.500 bits per heavy atom. The van der Waals surface area contributed by atoms with E-state index in [0.717, 1.165) is 98.2 Å². The van der Waals surface area contributed by atoms with Gasteiger partial charge < -0.3 is 90.1 Å². The topological polar surface area (TPSA) is 316 Å². The third-order valence-corrected chi connectivity index (χ3v) is 15.1. The van der Waals surface area contributed by atoms with Crippen molar-refractivity contribution in [2.75, 3.05) is 52.7 Å². The van der Waals surface area contributed by atoms with Gasteiger partial charge in [-0.2, -0.15) is 0 Å². The van der Waals surface area contributed by atoms with Gasteiger partial charge in [0.05, 0.1) is 38.6 Å². The van der Waals surface area contributed by atoms with Crippen molar-refractivity contribution in [3.05, 3.63) is 128 Å². The first-order valence-corrected chi connectivity index (χ1v) is 28.1. The van der Waals surface area contributed by atoms with Gasteiger partial charge in [0.1, 0.15) is 97.8 Å². The lowest BCUT2D eigenvalue weighted by molar-refractivity contribution is -0.231. The van der Waals surface area contributed by atoms with Crippen molar-refractivity contribution in [2.45, 2.75) is 150 Å². The summed E-state index contributed by atoms with van der Waals surface area (Å²) in [5.41, 5.74) is 4.92. The van der Waals surface area contributed by atoms with Gasteiger partial charge in [-0.25, -0.2) is 0 Å². The number of carboxylic acid groups (broad SMARTS) is 2. The first kappa shape index (κ1) is 63.0. The first-order chi connectivity index (χ1) is 38.5. The summed E-state index contributed by atoms with van der Waals surface area (Å²) in [5, 5.41) is 103. The van der Waals surface area contributed by atoms with Crippen molar-refractivity contribution >= 4 is 35.1 Å². The zero-order chi connectivity index (χ0) is 57.3. The van der Waals surface area contributed by atoms with E-state index in [1.54, 1.807) is 24.3 Å². The van der Waals surface area contributed by atoms with E-state index in [-0.39, 0.29) is 12.1 Å². The number of aliphatic carboxylic acids is 2. The summed E-state index contributed by atoms with van der Waals surface area (Å²) in [6.07, 6.45) is -1.89. The molecule has 440 valence electrons. The van der Waals surface area contributed by atoms with E-state index >= 15 is 0 Å². The molecular formula is C58H76Cl2N2O18. The Morgan fingerprint density at radius 2 is 0.875 bits per heavy atom. The predicted molar refractivity (Wildman–Crippen MR) is 293 cm³/mol. The lowest BCUT2D eigenvalue weighted by Gasteiger charge is -2.40. The largest absolute Gasteiger partial charge is 0.491 e. The van der Waals surface area contributed by atoms with Crippen LogP contribution in [0.3, 0.4) is 0 Å². The van der Waals surface area contributed by atoms with Gasteiger partial charge in [0.2, 0.25) is 0 Å². The Bertz CT molecular complexity index is 2350. The normalized spacial score (nSPS) is 28.0. The molecule has 4 aromatic carbocycles. The Balaban J connectivity index is 0.000000181. The third-order valence-electron chi connectivity index (χ3n) is 14.4. The van der Waals surface area contributed by atoms with Crippen molar-refractivity contribution in [2.24, 2.45) is 0 Å². The number of carbonyl (C=O) groups is 2. The fourth-order valence-electron chi connectivity index (χ4n) is 9.42. The first-order valence-electron chi connectivity index (χ1n) is 27.3. The molecule has 22 heteroatoms. The summed E-state index contributed by atoms with van der Waals surface area (Å²) in [6.45, 7) is 2.99. The zero-order valence-corrected chi connectivity index (χ0v) is 45.9. The standard InChI is InChI=1S/2C24H29ClO7.2C5H9NO2/c2*25-19-8-3-15(24-23(29)22(28)21(27)20(13-26)32-24)12-16(19)11-14-1-4-17(5-2-14)30-9-10-31-18-6-7-18;2*7-5(8)4-2-1-3-6-4/h2*1-5,8,12,18,20-24,26-29H,6-7,9-11,13H2;2*4,6H,1-3H2,(H,7,8)/t2*20-,21-,22+,23-,24+;2*4-/m1100/s1. The number of hydrogen-bond acceptors (Lipinski definition) is 18. The van der Waals surface area contributed by atoms with Crippen LogP contribution in [0.5, 0.6) is 11.5 Å². The minimum absolute atomic E-state index is 0.269. The predicted octanol–water partition coefficient (Wildman–Crippen LogP) is 3.65.